The van der Waals surface area contributed by atoms with Crippen molar-refractivity contribution >= 4 is 12.0 Å². The third-order valence-corrected chi connectivity index (χ3v) is 4.53. The highest BCUT2D eigenvalue weighted by Crippen LogP contribution is 2.32. The minimum atomic E-state index is -0.0284. The van der Waals surface area contributed by atoms with E-state index in [4.69, 9.17) is 9.47 Å². The first-order valence-corrected chi connectivity index (χ1v) is 8.73. The normalized spacial score (nSPS) is 15.8. The summed E-state index contributed by atoms with van der Waals surface area (Å²) in [6, 6.07) is 7.64. The second-order valence-electron chi connectivity index (χ2n) is 6.19. The minimum Gasteiger partial charge on any atom is -0.454 e. The standard InChI is InChI=1S/C18H21N5O3/c24-18(21-7-4-14-2-3-15-16(12-14)26-13-25-15)23-10-8-22(9-11-23)17-19-5-1-6-20-17/h1-3,5-6,12H,4,7-11,13H2,(H,21,24). The first-order chi connectivity index (χ1) is 12.8. The highest BCUT2D eigenvalue weighted by Gasteiger charge is 2.22. The molecule has 1 N–H and O–H groups in total. The Kier molecular flexibility index (Phi) is 4.72. The number of anilines is 1. The van der Waals surface area contributed by atoms with Crippen molar-refractivity contribution in [3.63, 3.8) is 0 Å². The van der Waals surface area contributed by atoms with Gasteiger partial charge in [-0.15, -0.1) is 0 Å². The Morgan fingerprint density at radius 3 is 2.65 bits per heavy atom. The van der Waals surface area contributed by atoms with Gasteiger partial charge in [-0.1, -0.05) is 6.07 Å². The van der Waals surface area contributed by atoms with Crippen LogP contribution in [-0.2, 0) is 6.42 Å². The predicted octanol–water partition coefficient (Wildman–Crippen LogP) is 1.28. The van der Waals surface area contributed by atoms with Crippen LogP contribution in [0.3, 0.4) is 0 Å². The van der Waals surface area contributed by atoms with Crippen molar-refractivity contribution in [2.75, 3.05) is 44.4 Å². The Labute approximate surface area is 151 Å². The van der Waals surface area contributed by atoms with Crippen molar-refractivity contribution < 1.29 is 14.3 Å². The molecule has 0 unspecified atom stereocenters. The number of amides is 2. The van der Waals surface area contributed by atoms with Gasteiger partial charge in [-0.3, -0.25) is 0 Å². The molecule has 26 heavy (non-hydrogen) atoms. The fraction of sp³-hybridized carbons (Fsp3) is 0.389. The van der Waals surface area contributed by atoms with Gasteiger partial charge in [0.25, 0.3) is 0 Å². The Morgan fingerprint density at radius 1 is 1.08 bits per heavy atom. The zero-order valence-corrected chi connectivity index (χ0v) is 14.4. The molecule has 8 heteroatoms. The molecule has 0 spiro atoms. The predicted molar refractivity (Wildman–Crippen MR) is 95.5 cm³/mol. The first kappa shape index (κ1) is 16.4. The monoisotopic (exact) mass is 355 g/mol. The van der Waals surface area contributed by atoms with Crippen LogP contribution < -0.4 is 19.7 Å². The molecule has 1 aromatic carbocycles. The van der Waals surface area contributed by atoms with Gasteiger partial charge >= 0.3 is 6.03 Å². The summed E-state index contributed by atoms with van der Waals surface area (Å²) in [5, 5.41) is 2.99. The molecule has 136 valence electrons. The van der Waals surface area contributed by atoms with Crippen LogP contribution in [0.1, 0.15) is 5.56 Å². The van der Waals surface area contributed by atoms with Gasteiger partial charge in [0.15, 0.2) is 11.5 Å². The minimum absolute atomic E-state index is 0.0284. The van der Waals surface area contributed by atoms with Crippen molar-refractivity contribution in [3.05, 3.63) is 42.2 Å². The van der Waals surface area contributed by atoms with Gasteiger partial charge in [0.2, 0.25) is 12.7 Å². The summed E-state index contributed by atoms with van der Waals surface area (Å²) in [6.45, 7) is 3.65. The molecule has 1 saturated heterocycles. The topological polar surface area (TPSA) is 79.8 Å². The molecule has 0 atom stereocenters. The number of rotatable bonds is 4. The van der Waals surface area contributed by atoms with Gasteiger partial charge in [-0.05, 0) is 30.2 Å². The van der Waals surface area contributed by atoms with Crippen molar-refractivity contribution in [1.29, 1.82) is 0 Å². The second kappa shape index (κ2) is 7.47. The van der Waals surface area contributed by atoms with Gasteiger partial charge in [0.1, 0.15) is 0 Å². The van der Waals surface area contributed by atoms with Crippen molar-refractivity contribution in [2.45, 2.75) is 6.42 Å². The van der Waals surface area contributed by atoms with E-state index in [1.54, 1.807) is 18.5 Å². The molecule has 0 bridgehead atoms. The zero-order valence-electron chi connectivity index (χ0n) is 14.4. The number of fused-ring (bicyclic) bond motifs is 1. The maximum absolute atomic E-state index is 12.3. The van der Waals surface area contributed by atoms with E-state index in [1.165, 1.54) is 0 Å². The van der Waals surface area contributed by atoms with E-state index in [0.717, 1.165) is 42.5 Å². The second-order valence-corrected chi connectivity index (χ2v) is 6.19. The number of carbonyl (C=O) groups is 1. The summed E-state index contributed by atoms with van der Waals surface area (Å²) < 4.78 is 10.7. The number of nitrogens with zero attached hydrogens (tertiary/aromatic N) is 4. The van der Waals surface area contributed by atoms with Crippen molar-refractivity contribution in [3.8, 4) is 11.5 Å². The van der Waals surface area contributed by atoms with Gasteiger partial charge in [0, 0.05) is 45.1 Å². The van der Waals surface area contributed by atoms with Crippen LogP contribution in [-0.4, -0.2) is 60.4 Å². The van der Waals surface area contributed by atoms with Gasteiger partial charge in [-0.25, -0.2) is 14.8 Å². The largest absolute Gasteiger partial charge is 0.454 e. The molecule has 8 nitrogen and oxygen atoms in total. The molecular formula is C18H21N5O3. The van der Waals surface area contributed by atoms with E-state index >= 15 is 0 Å². The lowest BCUT2D eigenvalue weighted by atomic mass is 10.1. The molecular weight excluding hydrogens is 334 g/mol. The number of nitrogens with one attached hydrogen (secondary N) is 1. The third kappa shape index (κ3) is 3.63. The maximum Gasteiger partial charge on any atom is 0.317 e. The van der Waals surface area contributed by atoms with Gasteiger partial charge in [0.05, 0.1) is 0 Å². The van der Waals surface area contributed by atoms with Crippen LogP contribution in [0.4, 0.5) is 10.7 Å². The number of aromatic nitrogens is 2. The summed E-state index contributed by atoms with van der Waals surface area (Å²) >= 11 is 0. The molecule has 0 saturated carbocycles. The number of ether oxygens (including phenoxy) is 2. The van der Waals surface area contributed by atoms with E-state index in [-0.39, 0.29) is 12.8 Å². The molecule has 1 aromatic heterocycles. The summed E-state index contributed by atoms with van der Waals surface area (Å²) in [6.07, 6.45) is 4.22. The number of urea groups is 1. The molecule has 3 heterocycles. The van der Waals surface area contributed by atoms with E-state index < -0.39 is 0 Å². The van der Waals surface area contributed by atoms with Crippen LogP contribution >= 0.6 is 0 Å². The average molecular weight is 355 g/mol. The molecule has 4 rings (SSSR count). The Bertz CT molecular complexity index is 763. The van der Waals surface area contributed by atoms with Crippen LogP contribution in [0, 0.1) is 0 Å². The third-order valence-electron chi connectivity index (χ3n) is 4.53. The highest BCUT2D eigenvalue weighted by molar-refractivity contribution is 5.74. The van der Waals surface area contributed by atoms with Crippen LogP contribution in [0.5, 0.6) is 11.5 Å². The number of piperazine rings is 1. The van der Waals surface area contributed by atoms with Crippen molar-refractivity contribution in [2.24, 2.45) is 0 Å². The van der Waals surface area contributed by atoms with E-state index in [1.807, 2.05) is 23.1 Å². The number of hydrogen-bond acceptors (Lipinski definition) is 6. The summed E-state index contributed by atoms with van der Waals surface area (Å²) in [5.41, 5.74) is 1.11. The Morgan fingerprint density at radius 2 is 1.85 bits per heavy atom. The Balaban J connectivity index is 1.22. The average Bonchev–Trinajstić information content (AvgIpc) is 3.16. The van der Waals surface area contributed by atoms with Crippen LogP contribution in [0.25, 0.3) is 0 Å². The number of benzene rings is 1. The molecule has 2 aliphatic heterocycles. The highest BCUT2D eigenvalue weighted by atomic mass is 16.7. The van der Waals surface area contributed by atoms with E-state index in [9.17, 15) is 4.79 Å². The number of hydrogen-bond donors (Lipinski definition) is 1. The Hall–Kier alpha value is -3.03. The van der Waals surface area contributed by atoms with Crippen LogP contribution in [0.2, 0.25) is 0 Å². The molecule has 0 radical (unpaired) electrons. The van der Waals surface area contributed by atoms with Gasteiger partial charge in [-0.2, -0.15) is 0 Å². The smallest absolute Gasteiger partial charge is 0.317 e. The van der Waals surface area contributed by atoms with E-state index in [0.29, 0.717) is 19.6 Å². The number of carbonyl (C=O) groups excluding carboxylic acids is 1. The molecule has 2 amide bonds. The summed E-state index contributed by atoms with van der Waals surface area (Å²) in [5.74, 6) is 2.27. The molecule has 2 aliphatic rings. The first-order valence-electron chi connectivity index (χ1n) is 8.73. The fourth-order valence-electron chi connectivity index (χ4n) is 3.09. The lowest BCUT2D eigenvalue weighted by Gasteiger charge is -2.34. The fourth-order valence-corrected chi connectivity index (χ4v) is 3.09. The summed E-state index contributed by atoms with van der Waals surface area (Å²) in [7, 11) is 0. The molecule has 0 aliphatic carbocycles. The lowest BCUT2D eigenvalue weighted by molar-refractivity contribution is 0.174. The quantitative estimate of drug-likeness (QED) is 0.890. The zero-order chi connectivity index (χ0) is 17.8. The summed E-state index contributed by atoms with van der Waals surface area (Å²) in [4.78, 5) is 24.8. The SMILES string of the molecule is O=C(NCCc1ccc2c(c1)OCO2)N1CCN(c2ncccn2)CC1. The lowest BCUT2D eigenvalue weighted by Crippen LogP contribution is -2.52. The molecule has 2 aromatic rings. The van der Waals surface area contributed by atoms with Crippen LogP contribution in [0.15, 0.2) is 36.7 Å². The molecule has 1 fully saturated rings. The van der Waals surface area contributed by atoms with E-state index in [2.05, 4.69) is 20.2 Å². The van der Waals surface area contributed by atoms with Crippen molar-refractivity contribution in [1.82, 2.24) is 20.2 Å². The van der Waals surface area contributed by atoms with Gasteiger partial charge < -0.3 is 24.6 Å². The maximum atomic E-state index is 12.3.